The number of hydrogen-bond acceptors (Lipinski definition) is 4. The van der Waals surface area contributed by atoms with Gasteiger partial charge in [0.15, 0.2) is 0 Å². The zero-order chi connectivity index (χ0) is 20.9. The molecule has 3 aliphatic carbocycles. The topological polar surface area (TPSA) is 52.6 Å². The highest BCUT2D eigenvalue weighted by atomic mass is 16.6. The molecular formula is C26H28O4. The number of benzene rings is 2. The summed E-state index contributed by atoms with van der Waals surface area (Å²) in [4.78, 5) is 26.7. The minimum atomic E-state index is -0.892. The largest absolute Gasteiger partial charge is 0.469 e. The Morgan fingerprint density at radius 3 is 2.20 bits per heavy atom. The van der Waals surface area contributed by atoms with Gasteiger partial charge in [-0.15, -0.1) is 0 Å². The molecule has 4 nitrogen and oxygen atoms in total. The molecule has 0 saturated carbocycles. The Labute approximate surface area is 177 Å². The highest BCUT2D eigenvalue weighted by Crippen LogP contribution is 2.66. The molecule has 156 valence electrons. The molecule has 4 heteroatoms. The van der Waals surface area contributed by atoms with Crippen molar-refractivity contribution in [2.24, 2.45) is 11.3 Å². The second-order valence-electron chi connectivity index (χ2n) is 8.93. The lowest BCUT2D eigenvalue weighted by molar-refractivity contribution is -0.155. The maximum absolute atomic E-state index is 13.6. The number of cyclic esters (lactones) is 1. The molecule has 1 spiro atoms. The number of carbonyl (C=O) groups excluding carboxylic acids is 2. The van der Waals surface area contributed by atoms with Crippen LogP contribution in [0, 0.1) is 11.3 Å². The Morgan fingerprint density at radius 2 is 1.63 bits per heavy atom. The van der Waals surface area contributed by atoms with E-state index in [0.29, 0.717) is 12.8 Å². The van der Waals surface area contributed by atoms with Crippen LogP contribution >= 0.6 is 0 Å². The number of unbranched alkanes of at least 4 members (excludes halogenated alkanes) is 2. The standard InChI is InChI=1S/C26H28O4/c1-3-4-5-14-21-23(24(27)29-2)26(25(28)30-21)15-20-16-10-6-8-12-18(16)22(26)19-13-9-7-11-17(19)20/h6-13,20-23H,3-5,14-15H2,1-2H3/t20?,21-,22?,23-,26+/m0/s1. The maximum Gasteiger partial charge on any atom is 0.314 e. The Morgan fingerprint density at radius 1 is 1.03 bits per heavy atom. The van der Waals surface area contributed by atoms with Crippen LogP contribution < -0.4 is 0 Å². The zero-order valence-electron chi connectivity index (χ0n) is 17.6. The number of methoxy groups -OCH3 is 1. The molecule has 1 saturated heterocycles. The van der Waals surface area contributed by atoms with Crippen molar-refractivity contribution in [1.29, 1.82) is 0 Å². The minimum absolute atomic E-state index is 0.0940. The van der Waals surface area contributed by atoms with E-state index >= 15 is 0 Å². The van der Waals surface area contributed by atoms with E-state index in [-0.39, 0.29) is 23.8 Å². The van der Waals surface area contributed by atoms with Crippen molar-refractivity contribution >= 4 is 11.9 Å². The summed E-state index contributed by atoms with van der Waals surface area (Å²) in [5, 5.41) is 0. The van der Waals surface area contributed by atoms with Crippen molar-refractivity contribution in [3.8, 4) is 0 Å². The molecule has 2 aromatic rings. The average Bonchev–Trinajstić information content (AvgIpc) is 3.04. The highest BCUT2D eigenvalue weighted by Gasteiger charge is 2.69. The van der Waals surface area contributed by atoms with E-state index in [2.05, 4.69) is 43.3 Å². The van der Waals surface area contributed by atoms with Crippen molar-refractivity contribution in [3.05, 3.63) is 70.8 Å². The van der Waals surface area contributed by atoms with E-state index in [0.717, 1.165) is 30.4 Å². The number of esters is 2. The van der Waals surface area contributed by atoms with Crippen LogP contribution in [0.25, 0.3) is 0 Å². The Hall–Kier alpha value is -2.62. The summed E-state index contributed by atoms with van der Waals surface area (Å²) >= 11 is 0. The van der Waals surface area contributed by atoms with Gasteiger partial charge >= 0.3 is 11.9 Å². The Bertz CT molecular complexity index is 949. The second kappa shape index (κ2) is 7.26. The van der Waals surface area contributed by atoms with E-state index in [9.17, 15) is 9.59 Å². The molecule has 1 fully saturated rings. The fourth-order valence-corrected chi connectivity index (χ4v) is 6.34. The quantitative estimate of drug-likeness (QED) is 0.523. The molecule has 2 aromatic carbocycles. The molecule has 1 heterocycles. The molecule has 0 radical (unpaired) electrons. The number of hydrogen-bond donors (Lipinski definition) is 0. The lowest BCUT2D eigenvalue weighted by Gasteiger charge is -2.51. The molecule has 0 aromatic heterocycles. The molecule has 1 aliphatic heterocycles. The van der Waals surface area contributed by atoms with Gasteiger partial charge in [0.2, 0.25) is 0 Å². The number of rotatable bonds is 5. The lowest BCUT2D eigenvalue weighted by atomic mass is 9.48. The van der Waals surface area contributed by atoms with Gasteiger partial charge in [-0.1, -0.05) is 68.3 Å². The van der Waals surface area contributed by atoms with Crippen LogP contribution in [0.1, 0.15) is 73.1 Å². The van der Waals surface area contributed by atoms with Crippen LogP contribution in [-0.4, -0.2) is 25.2 Å². The van der Waals surface area contributed by atoms with Gasteiger partial charge in [-0.25, -0.2) is 0 Å². The number of ether oxygens (including phenoxy) is 2. The summed E-state index contributed by atoms with van der Waals surface area (Å²) < 4.78 is 11.2. The lowest BCUT2D eigenvalue weighted by Crippen LogP contribution is -2.51. The number of carbonyl (C=O) groups is 2. The predicted molar refractivity (Wildman–Crippen MR) is 113 cm³/mol. The highest BCUT2D eigenvalue weighted by molar-refractivity contribution is 5.92. The normalized spacial score (nSPS) is 30.7. The van der Waals surface area contributed by atoms with Gasteiger partial charge in [0.25, 0.3) is 0 Å². The summed E-state index contributed by atoms with van der Waals surface area (Å²) in [5.41, 5.74) is 3.98. The molecular weight excluding hydrogens is 376 g/mol. The fraction of sp³-hybridized carbons (Fsp3) is 0.462. The predicted octanol–water partition coefficient (Wildman–Crippen LogP) is 4.95. The van der Waals surface area contributed by atoms with Gasteiger partial charge in [0.05, 0.1) is 12.5 Å². The molecule has 0 unspecified atom stereocenters. The van der Waals surface area contributed by atoms with Crippen molar-refractivity contribution in [2.75, 3.05) is 7.11 Å². The van der Waals surface area contributed by atoms with Crippen LogP contribution in [0.3, 0.4) is 0 Å². The molecule has 0 N–H and O–H groups in total. The molecule has 2 bridgehead atoms. The first-order valence-electron chi connectivity index (χ1n) is 11.1. The van der Waals surface area contributed by atoms with Crippen LogP contribution in [0.5, 0.6) is 0 Å². The van der Waals surface area contributed by atoms with Crippen LogP contribution in [0.15, 0.2) is 48.5 Å². The van der Waals surface area contributed by atoms with Crippen molar-refractivity contribution < 1.29 is 19.1 Å². The van der Waals surface area contributed by atoms with Crippen molar-refractivity contribution in [2.45, 2.75) is 57.0 Å². The first-order valence-corrected chi connectivity index (χ1v) is 11.1. The van der Waals surface area contributed by atoms with Gasteiger partial charge < -0.3 is 9.47 Å². The monoisotopic (exact) mass is 404 g/mol. The summed E-state index contributed by atoms with van der Waals surface area (Å²) in [6.45, 7) is 2.15. The van der Waals surface area contributed by atoms with Crippen molar-refractivity contribution in [3.63, 3.8) is 0 Å². The Kier molecular flexibility index (Phi) is 4.68. The van der Waals surface area contributed by atoms with Gasteiger partial charge in [-0.3, -0.25) is 9.59 Å². The van der Waals surface area contributed by atoms with E-state index in [1.807, 2.05) is 12.1 Å². The fourth-order valence-electron chi connectivity index (χ4n) is 6.34. The van der Waals surface area contributed by atoms with Gasteiger partial charge in [-0.05, 0) is 41.5 Å². The minimum Gasteiger partial charge on any atom is -0.469 e. The van der Waals surface area contributed by atoms with E-state index in [1.54, 1.807) is 0 Å². The van der Waals surface area contributed by atoms with Gasteiger partial charge in [-0.2, -0.15) is 0 Å². The molecule has 4 aliphatic rings. The smallest absolute Gasteiger partial charge is 0.314 e. The summed E-state index contributed by atoms with van der Waals surface area (Å²) in [6, 6.07) is 16.8. The van der Waals surface area contributed by atoms with Crippen LogP contribution in [0.2, 0.25) is 0 Å². The summed E-state index contributed by atoms with van der Waals surface area (Å²) in [7, 11) is 1.42. The van der Waals surface area contributed by atoms with E-state index in [4.69, 9.17) is 9.47 Å². The van der Waals surface area contributed by atoms with Crippen molar-refractivity contribution in [1.82, 2.24) is 0 Å². The average molecular weight is 405 g/mol. The Balaban J connectivity index is 1.68. The molecule has 0 amide bonds. The third-order valence-electron chi connectivity index (χ3n) is 7.53. The zero-order valence-corrected chi connectivity index (χ0v) is 17.6. The first kappa shape index (κ1) is 19.3. The molecule has 30 heavy (non-hydrogen) atoms. The van der Waals surface area contributed by atoms with Crippen LogP contribution in [0.4, 0.5) is 0 Å². The summed E-state index contributed by atoms with van der Waals surface area (Å²) in [5.74, 6) is -1.19. The third kappa shape index (κ3) is 2.52. The van der Waals surface area contributed by atoms with Crippen LogP contribution in [-0.2, 0) is 19.1 Å². The molecule has 3 atom stereocenters. The van der Waals surface area contributed by atoms with E-state index in [1.165, 1.54) is 18.2 Å². The van der Waals surface area contributed by atoms with E-state index < -0.39 is 17.4 Å². The maximum atomic E-state index is 13.6. The van der Waals surface area contributed by atoms with Gasteiger partial charge in [0, 0.05) is 11.8 Å². The first-order chi connectivity index (χ1) is 14.6. The SMILES string of the molecule is CCCCC[C@@H]1OC(=O)[C@@]2(CC3c4ccccc4C2c2ccccc23)[C@@H]1C(=O)OC. The second-order valence-corrected chi connectivity index (χ2v) is 8.93. The summed E-state index contributed by atoms with van der Waals surface area (Å²) in [6.07, 6.45) is 4.00. The molecule has 6 rings (SSSR count). The van der Waals surface area contributed by atoms with Gasteiger partial charge in [0.1, 0.15) is 12.0 Å². The third-order valence-corrected chi connectivity index (χ3v) is 7.53.